The summed E-state index contributed by atoms with van der Waals surface area (Å²) in [4.78, 5) is 16.1. The van der Waals surface area contributed by atoms with Crippen molar-refractivity contribution >= 4 is 45.7 Å². The van der Waals surface area contributed by atoms with Crippen molar-refractivity contribution in [3.05, 3.63) is 45.3 Å². The Bertz CT molecular complexity index is 1020. The Morgan fingerprint density at radius 2 is 2.19 bits per heavy atom. The van der Waals surface area contributed by atoms with Crippen LogP contribution in [0.3, 0.4) is 0 Å². The fourth-order valence-corrected chi connectivity index (χ4v) is 7.27. The van der Waals surface area contributed by atoms with Gasteiger partial charge in [-0.25, -0.2) is 0 Å². The summed E-state index contributed by atoms with van der Waals surface area (Å²) in [5, 5.41) is 13.4. The van der Waals surface area contributed by atoms with Crippen LogP contribution in [0, 0.1) is 0 Å². The van der Waals surface area contributed by atoms with Crippen LogP contribution in [0.25, 0.3) is 0 Å². The molecule has 5 rings (SSSR count). The van der Waals surface area contributed by atoms with E-state index < -0.39 is 5.54 Å². The Hall–Kier alpha value is -1.61. The van der Waals surface area contributed by atoms with Crippen LogP contribution in [-0.4, -0.2) is 47.3 Å². The van der Waals surface area contributed by atoms with Crippen LogP contribution in [0.2, 0.25) is 5.02 Å². The molecular weight excluding hydrogens is 452 g/mol. The molecule has 1 aromatic heterocycles. The summed E-state index contributed by atoms with van der Waals surface area (Å²) in [6.45, 7) is 1.58. The quantitative estimate of drug-likeness (QED) is 0.627. The molecule has 0 bridgehead atoms. The molecule has 1 saturated carbocycles. The van der Waals surface area contributed by atoms with Crippen LogP contribution in [-0.2, 0) is 15.1 Å². The Labute approximate surface area is 195 Å². The zero-order chi connectivity index (χ0) is 21.4. The van der Waals surface area contributed by atoms with Crippen LogP contribution >= 0.6 is 34.7 Å². The van der Waals surface area contributed by atoms with Crippen molar-refractivity contribution < 1.29 is 9.53 Å². The molecule has 9 heteroatoms. The van der Waals surface area contributed by atoms with Crippen molar-refractivity contribution in [1.82, 2.24) is 15.1 Å². The predicted octanol–water partition coefficient (Wildman–Crippen LogP) is 5.07. The lowest BCUT2D eigenvalue weighted by Gasteiger charge is -2.42. The van der Waals surface area contributed by atoms with E-state index in [9.17, 15) is 4.79 Å². The SMILES string of the molecule is CN1C(=O)C(Sc2nnc(NCC3CCCO3)s2)=C2CCCCC21c1ccccc1Cl. The lowest BCUT2D eigenvalue weighted by Crippen LogP contribution is -2.44. The monoisotopic (exact) mass is 476 g/mol. The van der Waals surface area contributed by atoms with Gasteiger partial charge in [-0.15, -0.1) is 10.2 Å². The van der Waals surface area contributed by atoms with E-state index in [0.29, 0.717) is 5.02 Å². The number of fused-ring (bicyclic) bond motifs is 1. The van der Waals surface area contributed by atoms with Crippen molar-refractivity contribution in [2.75, 3.05) is 25.5 Å². The first kappa shape index (κ1) is 21.2. The first-order valence-electron chi connectivity index (χ1n) is 10.7. The summed E-state index contributed by atoms with van der Waals surface area (Å²) in [7, 11) is 1.90. The molecule has 2 atom stereocenters. The maximum absolute atomic E-state index is 13.4. The number of carbonyl (C=O) groups excluding carboxylic acids is 1. The molecule has 3 aliphatic rings. The third-order valence-corrected chi connectivity index (χ3v) is 8.87. The summed E-state index contributed by atoms with van der Waals surface area (Å²) in [5.74, 6) is 0.0471. The fourth-order valence-electron chi connectivity index (χ4n) is 4.96. The molecule has 1 N–H and O–H groups in total. The zero-order valence-electron chi connectivity index (χ0n) is 17.4. The second-order valence-electron chi connectivity index (χ2n) is 8.21. The Balaban J connectivity index is 1.42. The Kier molecular flexibility index (Phi) is 5.98. The summed E-state index contributed by atoms with van der Waals surface area (Å²) in [6, 6.07) is 7.91. The predicted molar refractivity (Wildman–Crippen MR) is 125 cm³/mol. The van der Waals surface area contributed by atoms with Crippen LogP contribution in [0.15, 0.2) is 39.1 Å². The van der Waals surface area contributed by atoms with Crippen LogP contribution < -0.4 is 5.32 Å². The molecule has 1 saturated heterocycles. The van der Waals surface area contributed by atoms with Crippen LogP contribution in [0.4, 0.5) is 5.13 Å². The molecule has 3 heterocycles. The minimum atomic E-state index is -0.457. The number of rotatable bonds is 6. The maximum Gasteiger partial charge on any atom is 0.261 e. The minimum Gasteiger partial charge on any atom is -0.376 e. The van der Waals surface area contributed by atoms with Gasteiger partial charge in [-0.1, -0.05) is 59.3 Å². The van der Waals surface area contributed by atoms with Gasteiger partial charge in [-0.05, 0) is 43.7 Å². The van der Waals surface area contributed by atoms with Crippen LogP contribution in [0.5, 0.6) is 0 Å². The number of nitrogens with zero attached hydrogens (tertiary/aromatic N) is 3. The van der Waals surface area contributed by atoms with Gasteiger partial charge in [0.2, 0.25) is 5.13 Å². The number of carbonyl (C=O) groups is 1. The topological polar surface area (TPSA) is 67.4 Å². The fraction of sp³-hybridized carbons (Fsp3) is 0.500. The zero-order valence-corrected chi connectivity index (χ0v) is 19.8. The average Bonchev–Trinajstić information content (AvgIpc) is 3.51. The van der Waals surface area contributed by atoms with Gasteiger partial charge < -0.3 is 15.0 Å². The number of thioether (sulfide) groups is 1. The van der Waals surface area contributed by atoms with E-state index in [2.05, 4.69) is 21.6 Å². The van der Waals surface area contributed by atoms with Crippen molar-refractivity contribution in [1.29, 1.82) is 0 Å². The molecule has 0 radical (unpaired) electrons. The summed E-state index contributed by atoms with van der Waals surface area (Å²) < 4.78 is 6.43. The van der Waals surface area contributed by atoms with Crippen LogP contribution in [0.1, 0.15) is 44.1 Å². The van der Waals surface area contributed by atoms with Crippen molar-refractivity contribution in [2.24, 2.45) is 0 Å². The first-order valence-corrected chi connectivity index (χ1v) is 12.7. The highest BCUT2D eigenvalue weighted by Crippen LogP contribution is 2.55. The third kappa shape index (κ3) is 3.77. The average molecular weight is 477 g/mol. The molecular formula is C22H25ClN4O2S2. The molecule has 0 spiro atoms. The van der Waals surface area contributed by atoms with Gasteiger partial charge in [0.25, 0.3) is 5.91 Å². The number of likely N-dealkylation sites (N-methyl/N-ethyl adjacent to an activating group) is 1. The molecule has 1 aromatic carbocycles. The molecule has 2 unspecified atom stereocenters. The van der Waals surface area contributed by atoms with Gasteiger partial charge in [-0.2, -0.15) is 0 Å². The van der Waals surface area contributed by atoms with E-state index in [1.807, 2.05) is 30.1 Å². The van der Waals surface area contributed by atoms with Gasteiger partial charge in [0.05, 0.1) is 16.5 Å². The number of halogens is 1. The van der Waals surface area contributed by atoms with Gasteiger partial charge >= 0.3 is 0 Å². The number of hydrogen-bond acceptors (Lipinski definition) is 7. The summed E-state index contributed by atoms with van der Waals surface area (Å²) >= 11 is 9.56. The molecule has 6 nitrogen and oxygen atoms in total. The van der Waals surface area contributed by atoms with E-state index in [-0.39, 0.29) is 12.0 Å². The smallest absolute Gasteiger partial charge is 0.261 e. The number of amides is 1. The van der Waals surface area contributed by atoms with E-state index in [0.717, 1.165) is 71.6 Å². The molecule has 1 amide bonds. The number of anilines is 1. The van der Waals surface area contributed by atoms with Crippen molar-refractivity contribution in [3.63, 3.8) is 0 Å². The summed E-state index contributed by atoms with van der Waals surface area (Å²) in [5.41, 5.74) is 1.74. The molecule has 2 fully saturated rings. The lowest BCUT2D eigenvalue weighted by atomic mass is 9.73. The number of ether oxygens (including phenoxy) is 1. The van der Waals surface area contributed by atoms with Gasteiger partial charge in [0, 0.05) is 30.8 Å². The normalized spacial score (nSPS) is 25.9. The van der Waals surface area contributed by atoms with E-state index in [4.69, 9.17) is 16.3 Å². The first-order chi connectivity index (χ1) is 15.1. The summed E-state index contributed by atoms with van der Waals surface area (Å²) in [6.07, 6.45) is 6.37. The lowest BCUT2D eigenvalue weighted by molar-refractivity contribution is -0.128. The van der Waals surface area contributed by atoms with Gasteiger partial charge in [0.1, 0.15) is 0 Å². The third-order valence-electron chi connectivity index (χ3n) is 6.48. The van der Waals surface area contributed by atoms with E-state index in [1.54, 1.807) is 0 Å². The van der Waals surface area contributed by atoms with Gasteiger partial charge in [-0.3, -0.25) is 4.79 Å². The highest BCUT2D eigenvalue weighted by atomic mass is 35.5. The molecule has 1 aliphatic carbocycles. The number of hydrogen-bond donors (Lipinski definition) is 1. The minimum absolute atomic E-state index is 0.0471. The molecule has 31 heavy (non-hydrogen) atoms. The largest absolute Gasteiger partial charge is 0.376 e. The van der Waals surface area contributed by atoms with Crippen molar-refractivity contribution in [3.8, 4) is 0 Å². The van der Waals surface area contributed by atoms with E-state index >= 15 is 0 Å². The molecule has 2 aliphatic heterocycles. The highest BCUT2D eigenvalue weighted by Gasteiger charge is 2.52. The molecule has 2 aromatic rings. The second-order valence-corrected chi connectivity index (χ2v) is 10.9. The standard InChI is InChI=1S/C22H25ClN4O2S2/c1-27-19(28)18(30-21-26-25-20(31-21)24-13-14-7-6-12-29-14)16-9-4-5-11-22(16,27)15-8-2-3-10-17(15)23/h2-3,8,10,14H,4-7,9,11-13H2,1H3,(H,24,25). The number of aromatic nitrogens is 2. The second kappa shape index (κ2) is 8.73. The van der Waals surface area contributed by atoms with Crippen molar-refractivity contribution in [2.45, 2.75) is 54.5 Å². The number of benzene rings is 1. The Morgan fingerprint density at radius 3 is 3.00 bits per heavy atom. The molecule has 164 valence electrons. The number of nitrogens with one attached hydrogen (secondary N) is 1. The van der Waals surface area contributed by atoms with E-state index in [1.165, 1.54) is 28.7 Å². The Morgan fingerprint density at radius 1 is 1.32 bits per heavy atom. The maximum atomic E-state index is 13.4. The highest BCUT2D eigenvalue weighted by molar-refractivity contribution is 8.05. The van der Waals surface area contributed by atoms with Gasteiger partial charge in [0.15, 0.2) is 4.34 Å².